The van der Waals surface area contributed by atoms with Gasteiger partial charge in [0, 0.05) is 51.1 Å². The van der Waals surface area contributed by atoms with E-state index in [2.05, 4.69) is 54.0 Å². The number of ether oxygens (including phenoxy) is 1. The molecule has 0 bridgehead atoms. The molecule has 1 aliphatic heterocycles. The van der Waals surface area contributed by atoms with E-state index in [1.54, 1.807) is 0 Å². The number of rotatable bonds is 7. The Balaban J connectivity index is 2.00. The average Bonchev–Trinajstić information content (AvgIpc) is 2.65. The Kier molecular flexibility index (Phi) is 8.35. The average molecular weight is 452 g/mol. The van der Waals surface area contributed by atoms with Gasteiger partial charge >= 0.3 is 0 Å². The second-order valence-electron chi connectivity index (χ2n) is 8.04. The van der Waals surface area contributed by atoms with E-state index in [0.717, 1.165) is 49.1 Å². The summed E-state index contributed by atoms with van der Waals surface area (Å²) in [5.41, 5.74) is 3.50. The van der Waals surface area contributed by atoms with Gasteiger partial charge in [0.15, 0.2) is 0 Å². The minimum atomic E-state index is 0.0538. The van der Waals surface area contributed by atoms with Crippen molar-refractivity contribution in [1.29, 1.82) is 0 Å². The molecule has 0 atom stereocenters. The summed E-state index contributed by atoms with van der Waals surface area (Å²) in [6, 6.07) is 2.12. The third kappa shape index (κ3) is 6.23. The van der Waals surface area contributed by atoms with Crippen LogP contribution in [0.2, 0.25) is 0 Å². The molecule has 1 fully saturated rings. The van der Waals surface area contributed by atoms with Crippen molar-refractivity contribution in [3.05, 3.63) is 33.6 Å². The highest BCUT2D eigenvalue weighted by Crippen LogP contribution is 2.29. The van der Waals surface area contributed by atoms with Crippen LogP contribution in [0.4, 0.5) is 0 Å². The second kappa shape index (κ2) is 10.3. The summed E-state index contributed by atoms with van der Waals surface area (Å²) in [7, 11) is 2.08. The van der Waals surface area contributed by atoms with E-state index in [1.807, 2.05) is 25.7 Å². The lowest BCUT2D eigenvalue weighted by molar-refractivity contribution is -0.136. The number of carbonyl (C=O) groups excluding carboxylic acids is 1. The third-order valence-electron chi connectivity index (χ3n) is 5.17. The summed E-state index contributed by atoms with van der Waals surface area (Å²) in [6.07, 6.45) is 4.85. The molecular formula is C22H34BrN3O2. The van der Waals surface area contributed by atoms with Crippen LogP contribution in [0.1, 0.15) is 51.8 Å². The van der Waals surface area contributed by atoms with Crippen LogP contribution in [-0.4, -0.2) is 53.5 Å². The molecule has 1 saturated heterocycles. The van der Waals surface area contributed by atoms with Gasteiger partial charge in [-0.15, -0.1) is 0 Å². The van der Waals surface area contributed by atoms with Crippen LogP contribution < -0.4 is 4.74 Å². The van der Waals surface area contributed by atoms with E-state index in [0.29, 0.717) is 5.88 Å². The molecule has 0 saturated carbocycles. The normalized spacial score (nSPS) is 15.9. The lowest BCUT2D eigenvalue weighted by Crippen LogP contribution is -2.43. The molecule has 0 spiro atoms. The maximum absolute atomic E-state index is 12.1. The zero-order valence-electron chi connectivity index (χ0n) is 18.1. The number of piperidine rings is 1. The van der Waals surface area contributed by atoms with Gasteiger partial charge in [-0.1, -0.05) is 19.4 Å². The van der Waals surface area contributed by atoms with Crippen molar-refractivity contribution in [2.75, 3.05) is 26.7 Å². The van der Waals surface area contributed by atoms with E-state index in [4.69, 9.17) is 9.72 Å². The lowest BCUT2D eigenvalue weighted by atomic mass is 10.0. The molecule has 1 aromatic heterocycles. The van der Waals surface area contributed by atoms with Crippen LogP contribution in [0.15, 0.2) is 22.3 Å². The van der Waals surface area contributed by atoms with E-state index in [1.165, 1.54) is 11.1 Å². The molecule has 0 unspecified atom stereocenters. The lowest BCUT2D eigenvalue weighted by Gasteiger charge is -2.33. The molecule has 0 N–H and O–H groups in total. The number of amides is 1. The smallest absolute Gasteiger partial charge is 0.228 e. The number of carbonyl (C=O) groups is 1. The van der Waals surface area contributed by atoms with Gasteiger partial charge < -0.3 is 14.5 Å². The molecule has 2 rings (SSSR count). The van der Waals surface area contributed by atoms with Crippen LogP contribution >= 0.6 is 15.9 Å². The molecule has 1 aromatic rings. The Morgan fingerprint density at radius 1 is 1.43 bits per heavy atom. The maximum atomic E-state index is 12.1. The standard InChI is InChI=1S/C22H34BrN3O2/c1-7-25(6)14-16(4)12-18-13-20(23)21(24-17(18)5)28-19-8-10-26(11-9-19)22(27)15(2)3/h13-15,19H,7-12H2,1-6H3. The summed E-state index contributed by atoms with van der Waals surface area (Å²) in [4.78, 5) is 21.0. The number of pyridine rings is 1. The quantitative estimate of drug-likeness (QED) is 0.608. The van der Waals surface area contributed by atoms with Crippen LogP contribution in [0.5, 0.6) is 5.88 Å². The van der Waals surface area contributed by atoms with E-state index >= 15 is 0 Å². The van der Waals surface area contributed by atoms with Crippen molar-refractivity contribution in [2.24, 2.45) is 5.92 Å². The first kappa shape index (κ1) is 22.7. The van der Waals surface area contributed by atoms with Gasteiger partial charge in [-0.2, -0.15) is 0 Å². The first-order valence-electron chi connectivity index (χ1n) is 10.2. The van der Waals surface area contributed by atoms with Gasteiger partial charge in [0.2, 0.25) is 11.8 Å². The fourth-order valence-electron chi connectivity index (χ4n) is 3.39. The van der Waals surface area contributed by atoms with Crippen molar-refractivity contribution < 1.29 is 9.53 Å². The minimum absolute atomic E-state index is 0.0538. The number of allylic oxidation sites excluding steroid dienone is 1. The van der Waals surface area contributed by atoms with Crippen molar-refractivity contribution >= 4 is 21.8 Å². The third-order valence-corrected chi connectivity index (χ3v) is 5.74. The van der Waals surface area contributed by atoms with Gasteiger partial charge in [-0.05, 0) is 61.0 Å². The fourth-order valence-corrected chi connectivity index (χ4v) is 3.85. The van der Waals surface area contributed by atoms with Crippen LogP contribution in [0.3, 0.4) is 0 Å². The highest BCUT2D eigenvalue weighted by molar-refractivity contribution is 9.10. The number of hydrogen-bond acceptors (Lipinski definition) is 4. The molecule has 0 radical (unpaired) electrons. The Morgan fingerprint density at radius 2 is 2.07 bits per heavy atom. The number of nitrogens with zero attached hydrogens (tertiary/aromatic N) is 3. The van der Waals surface area contributed by atoms with E-state index < -0.39 is 0 Å². The summed E-state index contributed by atoms with van der Waals surface area (Å²) < 4.78 is 7.07. The fraction of sp³-hybridized carbons (Fsp3) is 0.636. The van der Waals surface area contributed by atoms with Crippen LogP contribution in [0, 0.1) is 12.8 Å². The highest BCUT2D eigenvalue weighted by Gasteiger charge is 2.26. The van der Waals surface area contributed by atoms with Gasteiger partial charge in [0.1, 0.15) is 6.10 Å². The summed E-state index contributed by atoms with van der Waals surface area (Å²) in [5.74, 6) is 0.940. The van der Waals surface area contributed by atoms with Crippen molar-refractivity contribution in [3.8, 4) is 5.88 Å². The van der Waals surface area contributed by atoms with E-state index in [9.17, 15) is 4.79 Å². The SMILES string of the molecule is CCN(C)C=C(C)Cc1cc(Br)c(OC2CCN(C(=O)C(C)C)CC2)nc1C. The van der Waals surface area contributed by atoms with Crippen molar-refractivity contribution in [2.45, 2.75) is 60.0 Å². The Bertz CT molecular complexity index is 710. The molecule has 1 amide bonds. The van der Waals surface area contributed by atoms with Crippen molar-refractivity contribution in [3.63, 3.8) is 0 Å². The van der Waals surface area contributed by atoms with Gasteiger partial charge in [-0.25, -0.2) is 4.98 Å². The molecule has 5 nitrogen and oxygen atoms in total. The van der Waals surface area contributed by atoms with Crippen LogP contribution in [0.25, 0.3) is 0 Å². The largest absolute Gasteiger partial charge is 0.473 e. The first-order chi connectivity index (χ1) is 13.2. The van der Waals surface area contributed by atoms with Gasteiger partial charge in [0.05, 0.1) is 4.47 Å². The maximum Gasteiger partial charge on any atom is 0.228 e. The molecular weight excluding hydrogens is 418 g/mol. The number of hydrogen-bond donors (Lipinski definition) is 0. The molecule has 0 aliphatic carbocycles. The number of halogens is 1. The van der Waals surface area contributed by atoms with Crippen molar-refractivity contribution in [1.82, 2.24) is 14.8 Å². The predicted octanol–water partition coefficient (Wildman–Crippen LogP) is 4.58. The Hall–Kier alpha value is -1.56. The number of aryl methyl sites for hydroxylation is 1. The monoisotopic (exact) mass is 451 g/mol. The Morgan fingerprint density at radius 3 is 2.64 bits per heavy atom. The molecule has 2 heterocycles. The minimum Gasteiger partial charge on any atom is -0.473 e. The summed E-state index contributed by atoms with van der Waals surface area (Å²) in [5, 5.41) is 0. The zero-order valence-corrected chi connectivity index (χ0v) is 19.7. The summed E-state index contributed by atoms with van der Waals surface area (Å²) >= 11 is 3.63. The molecule has 156 valence electrons. The van der Waals surface area contributed by atoms with Gasteiger partial charge in [0.25, 0.3) is 0 Å². The predicted molar refractivity (Wildman–Crippen MR) is 118 cm³/mol. The first-order valence-corrected chi connectivity index (χ1v) is 11.0. The summed E-state index contributed by atoms with van der Waals surface area (Å²) in [6.45, 7) is 12.7. The molecule has 0 aromatic carbocycles. The van der Waals surface area contributed by atoms with E-state index in [-0.39, 0.29) is 17.9 Å². The number of aromatic nitrogens is 1. The topological polar surface area (TPSA) is 45.7 Å². The second-order valence-corrected chi connectivity index (χ2v) is 8.90. The zero-order chi connectivity index (χ0) is 20.8. The number of likely N-dealkylation sites (tertiary alicyclic amines) is 1. The highest BCUT2D eigenvalue weighted by atomic mass is 79.9. The Labute approximate surface area is 178 Å². The molecule has 1 aliphatic rings. The molecule has 28 heavy (non-hydrogen) atoms. The molecule has 6 heteroatoms. The van der Waals surface area contributed by atoms with Crippen LogP contribution in [-0.2, 0) is 11.2 Å². The van der Waals surface area contributed by atoms with Gasteiger partial charge in [-0.3, -0.25) is 4.79 Å².